The second-order valence-electron chi connectivity index (χ2n) is 5.56. The van der Waals surface area contributed by atoms with Crippen LogP contribution in [0.25, 0.3) is 0 Å². The lowest BCUT2D eigenvalue weighted by atomic mass is 10.0. The summed E-state index contributed by atoms with van der Waals surface area (Å²) in [7, 11) is 1.63. The molecule has 0 aliphatic heterocycles. The summed E-state index contributed by atoms with van der Waals surface area (Å²) in [5.41, 5.74) is 2.06. The maximum absolute atomic E-state index is 12.4. The maximum atomic E-state index is 12.4. The molecule has 0 aliphatic rings. The number of pyridine rings is 2. The van der Waals surface area contributed by atoms with Gasteiger partial charge in [-0.15, -0.1) is 0 Å². The van der Waals surface area contributed by atoms with Crippen LogP contribution < -0.4 is 16.2 Å². The van der Waals surface area contributed by atoms with E-state index in [-0.39, 0.29) is 17.6 Å². The molecule has 1 unspecified atom stereocenters. The molecule has 0 bridgehead atoms. The van der Waals surface area contributed by atoms with Crippen LogP contribution in [0.4, 0.5) is 10.5 Å². The van der Waals surface area contributed by atoms with E-state index in [4.69, 9.17) is 0 Å². The van der Waals surface area contributed by atoms with Crippen molar-refractivity contribution in [2.24, 2.45) is 7.05 Å². The van der Waals surface area contributed by atoms with Crippen LogP contribution in [0.15, 0.2) is 77.9 Å². The van der Waals surface area contributed by atoms with Crippen molar-refractivity contribution in [3.63, 3.8) is 0 Å². The summed E-state index contributed by atoms with van der Waals surface area (Å²) in [6.45, 7) is 0. The first-order valence-electron chi connectivity index (χ1n) is 7.83. The van der Waals surface area contributed by atoms with Crippen molar-refractivity contribution in [2.45, 2.75) is 6.04 Å². The second-order valence-corrected chi connectivity index (χ2v) is 5.56. The molecular formula is C19H18N4O2. The van der Waals surface area contributed by atoms with Crippen molar-refractivity contribution in [1.82, 2.24) is 14.9 Å². The van der Waals surface area contributed by atoms with E-state index in [0.717, 1.165) is 11.3 Å². The smallest absolute Gasteiger partial charge is 0.320 e. The minimum Gasteiger partial charge on any atom is -0.325 e. The van der Waals surface area contributed by atoms with Crippen LogP contribution in [0.1, 0.15) is 17.3 Å². The average molecular weight is 334 g/mol. The predicted octanol–water partition coefficient (Wildman–Crippen LogP) is 2.69. The first-order chi connectivity index (χ1) is 12.1. The molecule has 3 rings (SSSR count). The number of amides is 2. The SMILES string of the molecule is Cn1cc(NC(=O)NC(c2ccccc2)c2ccccn2)ccc1=O. The number of anilines is 1. The van der Waals surface area contributed by atoms with Gasteiger partial charge in [-0.3, -0.25) is 9.78 Å². The van der Waals surface area contributed by atoms with E-state index in [0.29, 0.717) is 5.69 Å². The van der Waals surface area contributed by atoms with Gasteiger partial charge in [0.2, 0.25) is 5.56 Å². The maximum Gasteiger partial charge on any atom is 0.320 e. The van der Waals surface area contributed by atoms with Crippen LogP contribution in [0.3, 0.4) is 0 Å². The van der Waals surface area contributed by atoms with Gasteiger partial charge in [0.25, 0.3) is 0 Å². The summed E-state index contributed by atoms with van der Waals surface area (Å²) >= 11 is 0. The fraction of sp³-hybridized carbons (Fsp3) is 0.105. The first kappa shape index (κ1) is 16.4. The number of aromatic nitrogens is 2. The highest BCUT2D eigenvalue weighted by Gasteiger charge is 2.17. The van der Waals surface area contributed by atoms with Crippen molar-refractivity contribution in [3.05, 3.63) is 94.7 Å². The molecule has 6 heteroatoms. The Bertz CT molecular complexity index is 868. The van der Waals surface area contributed by atoms with Gasteiger partial charge in [-0.05, 0) is 23.8 Å². The zero-order valence-electron chi connectivity index (χ0n) is 13.7. The third kappa shape index (κ3) is 4.11. The van der Waals surface area contributed by atoms with Crippen LogP contribution in [0, 0.1) is 0 Å². The minimum absolute atomic E-state index is 0.137. The summed E-state index contributed by atoms with van der Waals surface area (Å²) in [5, 5.41) is 5.67. The number of aryl methyl sites for hydroxylation is 1. The van der Waals surface area contributed by atoms with Gasteiger partial charge in [-0.1, -0.05) is 36.4 Å². The van der Waals surface area contributed by atoms with Gasteiger partial charge in [0.1, 0.15) is 0 Å². The largest absolute Gasteiger partial charge is 0.325 e. The van der Waals surface area contributed by atoms with Crippen molar-refractivity contribution >= 4 is 11.7 Å². The number of hydrogen-bond donors (Lipinski definition) is 2. The first-order valence-corrected chi connectivity index (χ1v) is 7.83. The van der Waals surface area contributed by atoms with Crippen LogP contribution in [-0.2, 0) is 7.05 Å². The standard InChI is InChI=1S/C19H18N4O2/c1-23-13-15(10-11-17(23)24)21-19(25)22-18(14-7-3-2-4-8-14)16-9-5-6-12-20-16/h2-13,18H,1H3,(H2,21,22,25). The van der Waals surface area contributed by atoms with Crippen molar-refractivity contribution in [2.75, 3.05) is 5.32 Å². The number of urea groups is 1. The molecule has 0 aliphatic carbocycles. The van der Waals surface area contributed by atoms with Gasteiger partial charge in [-0.25, -0.2) is 4.79 Å². The molecule has 126 valence electrons. The molecule has 0 spiro atoms. The van der Waals surface area contributed by atoms with Crippen LogP contribution in [0.2, 0.25) is 0 Å². The molecule has 1 aromatic carbocycles. The van der Waals surface area contributed by atoms with Crippen LogP contribution >= 0.6 is 0 Å². The number of hydrogen-bond acceptors (Lipinski definition) is 3. The quantitative estimate of drug-likeness (QED) is 0.770. The van der Waals surface area contributed by atoms with Gasteiger partial charge in [0.05, 0.1) is 17.4 Å². The summed E-state index contributed by atoms with van der Waals surface area (Å²) in [5.74, 6) is 0. The highest BCUT2D eigenvalue weighted by atomic mass is 16.2. The molecule has 6 nitrogen and oxygen atoms in total. The molecule has 0 saturated heterocycles. The summed E-state index contributed by atoms with van der Waals surface area (Å²) in [6.07, 6.45) is 3.26. The normalized spacial score (nSPS) is 11.6. The van der Waals surface area contributed by atoms with E-state index < -0.39 is 0 Å². The zero-order chi connectivity index (χ0) is 17.6. The van der Waals surface area contributed by atoms with Crippen molar-refractivity contribution < 1.29 is 4.79 Å². The van der Waals surface area contributed by atoms with Gasteiger partial charge in [0.15, 0.2) is 0 Å². The molecule has 0 radical (unpaired) electrons. The highest BCUT2D eigenvalue weighted by Crippen LogP contribution is 2.20. The Morgan fingerprint density at radius 3 is 2.48 bits per heavy atom. The lowest BCUT2D eigenvalue weighted by molar-refractivity contribution is 0.250. The van der Waals surface area contributed by atoms with E-state index in [1.807, 2.05) is 48.5 Å². The average Bonchev–Trinajstić information content (AvgIpc) is 2.64. The molecule has 2 N–H and O–H groups in total. The lowest BCUT2D eigenvalue weighted by Crippen LogP contribution is -2.34. The molecule has 2 heterocycles. The van der Waals surface area contributed by atoms with E-state index in [9.17, 15) is 9.59 Å². The molecule has 25 heavy (non-hydrogen) atoms. The fourth-order valence-corrected chi connectivity index (χ4v) is 2.49. The van der Waals surface area contributed by atoms with E-state index >= 15 is 0 Å². The van der Waals surface area contributed by atoms with Crippen LogP contribution in [0.5, 0.6) is 0 Å². The number of carbonyl (C=O) groups is 1. The third-order valence-electron chi connectivity index (χ3n) is 3.74. The van der Waals surface area contributed by atoms with E-state index in [1.54, 1.807) is 25.5 Å². The molecule has 2 aromatic heterocycles. The fourth-order valence-electron chi connectivity index (χ4n) is 2.49. The number of carbonyl (C=O) groups excluding carboxylic acids is 1. The Kier molecular flexibility index (Phi) is 4.89. The Morgan fingerprint density at radius 1 is 1.04 bits per heavy atom. The minimum atomic E-state index is -0.380. The molecular weight excluding hydrogens is 316 g/mol. The molecule has 1 atom stereocenters. The summed E-state index contributed by atoms with van der Waals surface area (Å²) < 4.78 is 1.41. The predicted molar refractivity (Wildman–Crippen MR) is 96.4 cm³/mol. The van der Waals surface area contributed by atoms with Crippen molar-refractivity contribution in [3.8, 4) is 0 Å². The molecule has 0 fully saturated rings. The highest BCUT2D eigenvalue weighted by molar-refractivity contribution is 5.89. The molecule has 3 aromatic rings. The zero-order valence-corrected chi connectivity index (χ0v) is 13.7. The topological polar surface area (TPSA) is 76.0 Å². The molecule has 2 amide bonds. The summed E-state index contributed by atoms with van der Waals surface area (Å²) in [6, 6.07) is 17.4. The van der Waals surface area contributed by atoms with Gasteiger partial charge < -0.3 is 15.2 Å². The second kappa shape index (κ2) is 7.44. The van der Waals surface area contributed by atoms with Crippen LogP contribution in [-0.4, -0.2) is 15.6 Å². The van der Waals surface area contributed by atoms with Gasteiger partial charge in [-0.2, -0.15) is 0 Å². The van der Waals surface area contributed by atoms with Gasteiger partial charge in [0, 0.05) is 25.5 Å². The lowest BCUT2D eigenvalue weighted by Gasteiger charge is -2.19. The monoisotopic (exact) mass is 334 g/mol. The third-order valence-corrected chi connectivity index (χ3v) is 3.74. The van der Waals surface area contributed by atoms with E-state index in [2.05, 4.69) is 15.6 Å². The number of nitrogens with one attached hydrogen (secondary N) is 2. The summed E-state index contributed by atoms with van der Waals surface area (Å²) in [4.78, 5) is 28.2. The van der Waals surface area contributed by atoms with Crippen molar-refractivity contribution in [1.29, 1.82) is 0 Å². The van der Waals surface area contributed by atoms with E-state index in [1.165, 1.54) is 10.6 Å². The Morgan fingerprint density at radius 2 is 1.80 bits per heavy atom. The number of rotatable bonds is 4. The number of nitrogens with zero attached hydrogens (tertiary/aromatic N) is 2. The van der Waals surface area contributed by atoms with Gasteiger partial charge >= 0.3 is 6.03 Å². The number of benzene rings is 1. The Balaban J connectivity index is 1.81. The molecule has 0 saturated carbocycles. The Hall–Kier alpha value is -3.41. The Labute approximate surface area is 145 Å².